The van der Waals surface area contributed by atoms with Crippen LogP contribution in [0.5, 0.6) is 0 Å². The van der Waals surface area contributed by atoms with E-state index in [4.69, 9.17) is 10.5 Å². The Hall–Kier alpha value is -0.550. The molecule has 2 rings (SSSR count). The molecule has 0 bridgehead atoms. The highest BCUT2D eigenvalue weighted by Gasteiger charge is 2.19. The Bertz CT molecular complexity index is 375. The summed E-state index contributed by atoms with van der Waals surface area (Å²) in [6.07, 6.45) is 5.82. The molecule has 20 heavy (non-hydrogen) atoms. The maximum absolute atomic E-state index is 5.84. The van der Waals surface area contributed by atoms with Crippen molar-refractivity contribution in [1.82, 2.24) is 4.90 Å². The van der Waals surface area contributed by atoms with Gasteiger partial charge in [-0.25, -0.2) is 0 Å². The van der Waals surface area contributed by atoms with E-state index in [1.54, 1.807) is 11.8 Å². The molecule has 1 aromatic rings. The molecule has 1 aliphatic heterocycles. The van der Waals surface area contributed by atoms with Gasteiger partial charge in [-0.05, 0) is 49.8 Å². The van der Waals surface area contributed by atoms with Gasteiger partial charge in [-0.15, -0.1) is 11.8 Å². The SMILES string of the molecule is CSc1ccc(CN2CCC(OCCCN)CC2)cc1. The molecule has 1 fully saturated rings. The Labute approximate surface area is 126 Å². The van der Waals surface area contributed by atoms with Crippen molar-refractivity contribution in [2.75, 3.05) is 32.5 Å². The number of ether oxygens (including phenoxy) is 1. The summed E-state index contributed by atoms with van der Waals surface area (Å²) in [6.45, 7) is 4.88. The number of nitrogens with zero attached hydrogens (tertiary/aromatic N) is 1. The third-order valence-electron chi connectivity index (χ3n) is 3.80. The summed E-state index contributed by atoms with van der Waals surface area (Å²) in [7, 11) is 0. The minimum Gasteiger partial charge on any atom is -0.378 e. The first kappa shape index (κ1) is 15.8. The van der Waals surface area contributed by atoms with Gasteiger partial charge in [0.05, 0.1) is 6.10 Å². The molecule has 0 saturated carbocycles. The van der Waals surface area contributed by atoms with Gasteiger partial charge in [0.1, 0.15) is 0 Å². The van der Waals surface area contributed by atoms with Crippen LogP contribution < -0.4 is 5.73 Å². The van der Waals surface area contributed by atoms with Gasteiger partial charge in [-0.1, -0.05) is 12.1 Å². The lowest BCUT2D eigenvalue weighted by Gasteiger charge is -2.32. The quantitative estimate of drug-likeness (QED) is 0.620. The molecule has 0 aromatic heterocycles. The van der Waals surface area contributed by atoms with E-state index >= 15 is 0 Å². The standard InChI is InChI=1S/C16H26N2OS/c1-20-16-5-3-14(4-6-16)13-18-10-7-15(8-11-18)19-12-2-9-17/h3-6,15H,2,7-13,17H2,1H3. The van der Waals surface area contributed by atoms with Crippen LogP contribution in [0.4, 0.5) is 0 Å². The lowest BCUT2D eigenvalue weighted by atomic mass is 10.1. The van der Waals surface area contributed by atoms with Crippen molar-refractivity contribution >= 4 is 11.8 Å². The molecular weight excluding hydrogens is 268 g/mol. The van der Waals surface area contributed by atoms with Gasteiger partial charge in [0, 0.05) is 31.1 Å². The monoisotopic (exact) mass is 294 g/mol. The molecule has 4 heteroatoms. The van der Waals surface area contributed by atoms with E-state index in [2.05, 4.69) is 35.4 Å². The van der Waals surface area contributed by atoms with Crippen molar-refractivity contribution < 1.29 is 4.74 Å². The van der Waals surface area contributed by atoms with Gasteiger partial charge < -0.3 is 10.5 Å². The highest BCUT2D eigenvalue weighted by atomic mass is 32.2. The number of nitrogens with two attached hydrogens (primary N) is 1. The van der Waals surface area contributed by atoms with Gasteiger partial charge in [-0.3, -0.25) is 4.90 Å². The summed E-state index contributed by atoms with van der Waals surface area (Å²) in [4.78, 5) is 3.86. The molecule has 3 nitrogen and oxygen atoms in total. The molecule has 0 atom stereocenters. The van der Waals surface area contributed by atoms with Crippen LogP contribution in [0.3, 0.4) is 0 Å². The van der Waals surface area contributed by atoms with E-state index in [9.17, 15) is 0 Å². The zero-order valence-corrected chi connectivity index (χ0v) is 13.2. The lowest BCUT2D eigenvalue weighted by molar-refractivity contribution is 0.00563. The zero-order chi connectivity index (χ0) is 14.2. The maximum atomic E-state index is 5.84. The number of likely N-dealkylation sites (tertiary alicyclic amines) is 1. The summed E-state index contributed by atoms with van der Waals surface area (Å²) >= 11 is 1.79. The van der Waals surface area contributed by atoms with Gasteiger partial charge >= 0.3 is 0 Å². The Morgan fingerprint density at radius 3 is 2.55 bits per heavy atom. The molecule has 2 N–H and O–H groups in total. The van der Waals surface area contributed by atoms with Crippen molar-refractivity contribution in [3.8, 4) is 0 Å². The van der Waals surface area contributed by atoms with Crippen LogP contribution in [-0.4, -0.2) is 43.5 Å². The summed E-state index contributed by atoms with van der Waals surface area (Å²) in [6, 6.07) is 8.91. The summed E-state index contributed by atoms with van der Waals surface area (Å²) in [5.74, 6) is 0. The van der Waals surface area contributed by atoms with E-state index in [1.165, 1.54) is 10.5 Å². The van der Waals surface area contributed by atoms with E-state index in [-0.39, 0.29) is 0 Å². The van der Waals surface area contributed by atoms with Crippen molar-refractivity contribution in [1.29, 1.82) is 0 Å². The first-order valence-electron chi connectivity index (χ1n) is 7.49. The van der Waals surface area contributed by atoms with Crippen LogP contribution in [0.1, 0.15) is 24.8 Å². The first-order valence-corrected chi connectivity index (χ1v) is 8.71. The van der Waals surface area contributed by atoms with Crippen LogP contribution in [0.25, 0.3) is 0 Å². The van der Waals surface area contributed by atoms with E-state index in [0.29, 0.717) is 6.10 Å². The van der Waals surface area contributed by atoms with Crippen LogP contribution in [0.2, 0.25) is 0 Å². The predicted molar refractivity (Wildman–Crippen MR) is 86.1 cm³/mol. The number of benzene rings is 1. The van der Waals surface area contributed by atoms with Gasteiger partial charge in [-0.2, -0.15) is 0 Å². The Kier molecular flexibility index (Phi) is 6.87. The summed E-state index contributed by atoms with van der Waals surface area (Å²) in [5.41, 5.74) is 6.89. The molecule has 0 unspecified atom stereocenters. The molecule has 0 spiro atoms. The Morgan fingerprint density at radius 1 is 1.25 bits per heavy atom. The molecule has 0 aliphatic carbocycles. The summed E-state index contributed by atoms with van der Waals surface area (Å²) in [5, 5.41) is 0. The molecule has 1 aromatic carbocycles. The minimum absolute atomic E-state index is 0.441. The molecular formula is C16H26N2OS. The first-order chi connectivity index (χ1) is 9.81. The van der Waals surface area contributed by atoms with E-state index < -0.39 is 0 Å². The Morgan fingerprint density at radius 2 is 1.95 bits per heavy atom. The fourth-order valence-corrected chi connectivity index (χ4v) is 2.96. The second kappa shape index (κ2) is 8.67. The molecule has 1 saturated heterocycles. The maximum Gasteiger partial charge on any atom is 0.0599 e. The largest absolute Gasteiger partial charge is 0.378 e. The molecule has 0 radical (unpaired) electrons. The topological polar surface area (TPSA) is 38.5 Å². The summed E-state index contributed by atoms with van der Waals surface area (Å²) < 4.78 is 5.84. The van der Waals surface area contributed by atoms with Crippen molar-refractivity contribution in [3.05, 3.63) is 29.8 Å². The average Bonchev–Trinajstić information content (AvgIpc) is 2.50. The highest BCUT2D eigenvalue weighted by molar-refractivity contribution is 7.98. The third kappa shape index (κ3) is 5.09. The van der Waals surface area contributed by atoms with Crippen LogP contribution in [0.15, 0.2) is 29.2 Å². The molecule has 1 aliphatic rings. The van der Waals surface area contributed by atoms with E-state index in [0.717, 1.165) is 52.0 Å². The normalized spacial score (nSPS) is 17.5. The zero-order valence-electron chi connectivity index (χ0n) is 12.4. The fraction of sp³-hybridized carbons (Fsp3) is 0.625. The third-order valence-corrected chi connectivity index (χ3v) is 4.55. The fourth-order valence-electron chi connectivity index (χ4n) is 2.56. The number of hydrogen-bond donors (Lipinski definition) is 1. The van der Waals surface area contributed by atoms with Crippen molar-refractivity contribution in [2.24, 2.45) is 5.73 Å². The van der Waals surface area contributed by atoms with Crippen LogP contribution >= 0.6 is 11.8 Å². The molecule has 1 heterocycles. The number of piperidine rings is 1. The van der Waals surface area contributed by atoms with Gasteiger partial charge in [0.15, 0.2) is 0 Å². The van der Waals surface area contributed by atoms with Crippen LogP contribution in [-0.2, 0) is 11.3 Å². The van der Waals surface area contributed by atoms with Crippen molar-refractivity contribution in [2.45, 2.75) is 36.8 Å². The number of rotatable bonds is 7. The number of hydrogen-bond acceptors (Lipinski definition) is 4. The minimum atomic E-state index is 0.441. The molecule has 112 valence electrons. The van der Waals surface area contributed by atoms with Gasteiger partial charge in [0.25, 0.3) is 0 Å². The Balaban J connectivity index is 1.70. The van der Waals surface area contributed by atoms with Crippen molar-refractivity contribution in [3.63, 3.8) is 0 Å². The number of thioether (sulfide) groups is 1. The lowest BCUT2D eigenvalue weighted by Crippen LogP contribution is -2.36. The second-order valence-corrected chi connectivity index (χ2v) is 6.22. The van der Waals surface area contributed by atoms with Crippen LogP contribution in [0, 0.1) is 0 Å². The second-order valence-electron chi connectivity index (χ2n) is 5.34. The van der Waals surface area contributed by atoms with Gasteiger partial charge in [0.2, 0.25) is 0 Å². The predicted octanol–water partition coefficient (Wildman–Crippen LogP) is 2.74. The molecule has 0 amide bonds. The smallest absolute Gasteiger partial charge is 0.0599 e. The average molecular weight is 294 g/mol. The van der Waals surface area contributed by atoms with E-state index in [1.807, 2.05) is 0 Å². The highest BCUT2D eigenvalue weighted by Crippen LogP contribution is 2.19.